The predicted octanol–water partition coefficient (Wildman–Crippen LogP) is 2.33. The summed E-state index contributed by atoms with van der Waals surface area (Å²) in [6.45, 7) is 0.660. The number of fused-ring (bicyclic) bond motifs is 1. The number of nitrogens with one attached hydrogen (secondary N) is 2. The lowest BCUT2D eigenvalue weighted by atomic mass is 10.2. The fraction of sp³-hybridized carbons (Fsp3) is 0.333. The Bertz CT molecular complexity index is 590. The Morgan fingerprint density at radius 2 is 2.44 bits per heavy atom. The molecule has 1 aliphatic heterocycles. The van der Waals surface area contributed by atoms with E-state index in [9.17, 15) is 4.79 Å². The van der Waals surface area contributed by atoms with Crippen molar-refractivity contribution in [2.24, 2.45) is 0 Å². The van der Waals surface area contributed by atoms with Gasteiger partial charge in [-0.15, -0.1) is 0 Å². The molecule has 1 aromatic carbocycles. The number of imidazole rings is 1. The van der Waals surface area contributed by atoms with Crippen LogP contribution in [0.2, 0.25) is 5.28 Å². The van der Waals surface area contributed by atoms with Gasteiger partial charge in [-0.2, -0.15) is 0 Å². The van der Waals surface area contributed by atoms with E-state index >= 15 is 0 Å². The summed E-state index contributed by atoms with van der Waals surface area (Å²) in [5, 5.41) is 3.17. The number of aromatic nitrogens is 2. The summed E-state index contributed by atoms with van der Waals surface area (Å²) < 4.78 is 5.33. The van der Waals surface area contributed by atoms with Gasteiger partial charge in [0, 0.05) is 12.3 Å². The highest BCUT2D eigenvalue weighted by Gasteiger charge is 2.23. The third-order valence-electron chi connectivity index (χ3n) is 2.94. The van der Waals surface area contributed by atoms with Gasteiger partial charge >= 0.3 is 0 Å². The molecule has 0 spiro atoms. The van der Waals surface area contributed by atoms with Crippen LogP contribution in [0.25, 0.3) is 11.0 Å². The second-order valence-electron chi connectivity index (χ2n) is 4.25. The summed E-state index contributed by atoms with van der Waals surface area (Å²) in [6, 6.07) is 5.41. The van der Waals surface area contributed by atoms with E-state index in [-0.39, 0.29) is 12.0 Å². The highest BCUT2D eigenvalue weighted by Crippen LogP contribution is 2.20. The molecule has 1 atom stereocenters. The van der Waals surface area contributed by atoms with Crippen LogP contribution in [0.1, 0.15) is 12.8 Å². The molecule has 1 aromatic heterocycles. The Morgan fingerprint density at radius 1 is 1.56 bits per heavy atom. The Labute approximate surface area is 108 Å². The van der Waals surface area contributed by atoms with Crippen molar-refractivity contribution in [1.82, 2.24) is 9.97 Å². The Morgan fingerprint density at radius 3 is 3.22 bits per heavy atom. The van der Waals surface area contributed by atoms with Crippen LogP contribution >= 0.6 is 11.6 Å². The quantitative estimate of drug-likeness (QED) is 0.876. The Balaban J connectivity index is 1.79. The van der Waals surface area contributed by atoms with Crippen molar-refractivity contribution in [2.75, 3.05) is 11.9 Å². The average Bonchev–Trinajstić information content (AvgIpc) is 2.95. The van der Waals surface area contributed by atoms with Gasteiger partial charge in [-0.1, -0.05) is 0 Å². The van der Waals surface area contributed by atoms with Crippen molar-refractivity contribution in [3.63, 3.8) is 0 Å². The summed E-state index contributed by atoms with van der Waals surface area (Å²) in [7, 11) is 0. The van der Waals surface area contributed by atoms with Crippen molar-refractivity contribution >= 4 is 34.2 Å². The van der Waals surface area contributed by atoms with Crippen molar-refractivity contribution in [2.45, 2.75) is 18.9 Å². The highest BCUT2D eigenvalue weighted by atomic mass is 35.5. The molecule has 0 radical (unpaired) electrons. The molecule has 2 N–H and O–H groups in total. The topological polar surface area (TPSA) is 67.0 Å². The zero-order chi connectivity index (χ0) is 12.5. The molecule has 1 unspecified atom stereocenters. The van der Waals surface area contributed by atoms with Gasteiger partial charge in [-0.3, -0.25) is 4.79 Å². The average molecular weight is 266 g/mol. The maximum Gasteiger partial charge on any atom is 0.253 e. The lowest BCUT2D eigenvalue weighted by molar-refractivity contribution is -0.124. The zero-order valence-corrected chi connectivity index (χ0v) is 10.3. The normalized spacial score (nSPS) is 19.3. The minimum Gasteiger partial charge on any atom is -0.368 e. The highest BCUT2D eigenvalue weighted by molar-refractivity contribution is 6.29. The number of hydrogen-bond acceptors (Lipinski definition) is 3. The van der Waals surface area contributed by atoms with E-state index in [1.54, 1.807) is 12.1 Å². The standard InChI is InChI=1S/C12H12ClN3O2/c13-12-15-8-4-3-7(6-9(8)16-12)14-11(17)10-2-1-5-18-10/h3-4,6,10H,1-2,5H2,(H,14,17)(H,15,16). The van der Waals surface area contributed by atoms with Crippen molar-refractivity contribution in [3.05, 3.63) is 23.5 Å². The smallest absolute Gasteiger partial charge is 0.253 e. The molecule has 1 aliphatic rings. The number of nitrogens with zero attached hydrogens (tertiary/aromatic N) is 1. The van der Waals surface area contributed by atoms with Gasteiger partial charge in [0.05, 0.1) is 11.0 Å². The van der Waals surface area contributed by atoms with E-state index in [4.69, 9.17) is 16.3 Å². The molecule has 0 aliphatic carbocycles. The van der Waals surface area contributed by atoms with Gasteiger partial charge in [0.25, 0.3) is 5.91 Å². The number of ether oxygens (including phenoxy) is 1. The number of carbonyl (C=O) groups excluding carboxylic acids is 1. The van der Waals surface area contributed by atoms with Crippen LogP contribution in [0, 0.1) is 0 Å². The summed E-state index contributed by atoms with van der Waals surface area (Å²) in [6.07, 6.45) is 1.39. The first-order valence-electron chi connectivity index (χ1n) is 5.80. The van der Waals surface area contributed by atoms with Crippen LogP contribution in [0.15, 0.2) is 18.2 Å². The number of halogens is 1. The van der Waals surface area contributed by atoms with Crippen molar-refractivity contribution in [3.8, 4) is 0 Å². The number of H-pyrrole nitrogens is 1. The van der Waals surface area contributed by atoms with E-state index in [1.807, 2.05) is 6.07 Å². The summed E-state index contributed by atoms with van der Waals surface area (Å²) in [5.74, 6) is -0.0996. The van der Waals surface area contributed by atoms with Gasteiger partial charge in [0.1, 0.15) is 6.10 Å². The third kappa shape index (κ3) is 2.19. The van der Waals surface area contributed by atoms with Gasteiger partial charge in [0.2, 0.25) is 5.28 Å². The van der Waals surface area contributed by atoms with E-state index < -0.39 is 0 Å². The zero-order valence-electron chi connectivity index (χ0n) is 9.57. The lowest BCUT2D eigenvalue weighted by Crippen LogP contribution is -2.26. The number of anilines is 1. The van der Waals surface area contributed by atoms with Crippen LogP contribution in [-0.4, -0.2) is 28.6 Å². The molecular formula is C12H12ClN3O2. The van der Waals surface area contributed by atoms with Crippen molar-refractivity contribution in [1.29, 1.82) is 0 Å². The summed E-state index contributed by atoms with van der Waals surface area (Å²) in [4.78, 5) is 18.9. The Kier molecular flexibility index (Phi) is 2.93. The molecule has 0 saturated carbocycles. The fourth-order valence-corrected chi connectivity index (χ4v) is 2.26. The van der Waals surface area contributed by atoms with Crippen LogP contribution in [0.4, 0.5) is 5.69 Å². The summed E-state index contributed by atoms with van der Waals surface area (Å²) >= 11 is 5.77. The molecule has 3 rings (SSSR count). The molecule has 5 nitrogen and oxygen atoms in total. The molecule has 94 valence electrons. The number of hydrogen-bond donors (Lipinski definition) is 2. The number of amides is 1. The molecule has 1 amide bonds. The van der Waals surface area contributed by atoms with Crippen molar-refractivity contribution < 1.29 is 9.53 Å². The largest absolute Gasteiger partial charge is 0.368 e. The first-order valence-corrected chi connectivity index (χ1v) is 6.18. The lowest BCUT2D eigenvalue weighted by Gasteiger charge is -2.10. The van der Waals surface area contributed by atoms with Gasteiger partial charge in [-0.05, 0) is 42.6 Å². The fourth-order valence-electron chi connectivity index (χ4n) is 2.06. The molecule has 6 heteroatoms. The first-order chi connectivity index (χ1) is 8.72. The van der Waals surface area contributed by atoms with E-state index in [0.717, 1.165) is 23.9 Å². The predicted molar refractivity (Wildman–Crippen MR) is 68.7 cm³/mol. The van der Waals surface area contributed by atoms with Gasteiger partial charge < -0.3 is 15.0 Å². The third-order valence-corrected chi connectivity index (χ3v) is 3.12. The van der Waals surface area contributed by atoms with E-state index in [2.05, 4.69) is 15.3 Å². The monoisotopic (exact) mass is 265 g/mol. The number of rotatable bonds is 2. The number of aromatic amines is 1. The van der Waals surface area contributed by atoms with Gasteiger partial charge in [-0.25, -0.2) is 4.98 Å². The number of carbonyl (C=O) groups is 1. The second-order valence-corrected chi connectivity index (χ2v) is 4.61. The molecule has 2 heterocycles. The minimum atomic E-state index is -0.328. The molecule has 18 heavy (non-hydrogen) atoms. The van der Waals surface area contributed by atoms with Crippen LogP contribution < -0.4 is 5.32 Å². The van der Waals surface area contributed by atoms with Crippen LogP contribution in [0.5, 0.6) is 0 Å². The molecule has 1 saturated heterocycles. The Hall–Kier alpha value is -1.59. The van der Waals surface area contributed by atoms with Gasteiger partial charge in [0.15, 0.2) is 0 Å². The van der Waals surface area contributed by atoms with E-state index in [0.29, 0.717) is 17.6 Å². The maximum absolute atomic E-state index is 11.9. The van der Waals surface area contributed by atoms with Crippen LogP contribution in [-0.2, 0) is 9.53 Å². The minimum absolute atomic E-state index is 0.0996. The summed E-state index contributed by atoms with van der Waals surface area (Å²) in [5.41, 5.74) is 2.28. The molecule has 0 bridgehead atoms. The first kappa shape index (κ1) is 11.5. The number of benzene rings is 1. The second kappa shape index (κ2) is 4.59. The molecule has 2 aromatic rings. The molecular weight excluding hydrogens is 254 g/mol. The molecule has 1 fully saturated rings. The van der Waals surface area contributed by atoms with E-state index in [1.165, 1.54) is 0 Å². The van der Waals surface area contributed by atoms with Crippen LogP contribution in [0.3, 0.4) is 0 Å². The maximum atomic E-state index is 11.9. The SMILES string of the molecule is O=C(Nc1ccc2nc(Cl)[nH]c2c1)C1CCCO1.